The number of imide groups is 2. The lowest BCUT2D eigenvalue weighted by Crippen LogP contribution is -2.57. The van der Waals surface area contributed by atoms with Crippen molar-refractivity contribution in [1.82, 2.24) is 41.7 Å². The molecule has 0 spiro atoms. The SMILES string of the molecule is CCC1c2nnc(o2)[C@H](C)NC(=O)C(Cc2ccccc2)NC(=O)NC(=O)[C@@H](CC(C)C)NC(=O)NC(=O)[C@@H]2CCCN12. The number of nitrogens with one attached hydrogen (secondary N) is 5. The lowest BCUT2D eigenvalue weighted by atomic mass is 10.0. The summed E-state index contributed by atoms with van der Waals surface area (Å²) in [5.41, 5.74) is 0.784. The second-order valence-corrected chi connectivity index (χ2v) is 11.4. The molecule has 3 heterocycles. The number of carbonyl (C=O) groups excluding carboxylic acids is 5. The highest BCUT2D eigenvalue weighted by molar-refractivity contribution is 6.02. The normalized spacial score (nSPS) is 26.3. The molecule has 1 fully saturated rings. The fourth-order valence-electron chi connectivity index (χ4n) is 5.47. The van der Waals surface area contributed by atoms with Crippen molar-refractivity contribution in [3.05, 3.63) is 47.7 Å². The van der Waals surface area contributed by atoms with Crippen molar-refractivity contribution in [2.45, 2.75) is 90.0 Å². The maximum atomic E-state index is 13.4. The average Bonchev–Trinajstić information content (AvgIpc) is 3.64. The van der Waals surface area contributed by atoms with E-state index in [0.717, 1.165) is 12.0 Å². The van der Waals surface area contributed by atoms with Crippen LogP contribution < -0.4 is 26.6 Å². The first-order valence-corrected chi connectivity index (χ1v) is 14.7. The number of nitrogens with zero attached hydrogens (tertiary/aromatic N) is 3. The molecule has 5 atom stereocenters. The topological polar surface area (TPSA) is 188 Å². The van der Waals surface area contributed by atoms with Gasteiger partial charge in [0.05, 0.1) is 12.1 Å². The number of hydrogen-bond donors (Lipinski definition) is 5. The lowest BCUT2D eigenvalue weighted by molar-refractivity contribution is -0.126. The molecule has 2 aromatic rings. The van der Waals surface area contributed by atoms with Crippen LogP contribution in [0.5, 0.6) is 0 Å². The Kier molecular flexibility index (Phi) is 10.5. The molecule has 0 aliphatic carbocycles. The Morgan fingerprint density at radius 1 is 0.884 bits per heavy atom. The van der Waals surface area contributed by atoms with E-state index in [1.54, 1.807) is 6.92 Å². The van der Waals surface area contributed by atoms with Gasteiger partial charge in [0.1, 0.15) is 18.1 Å². The van der Waals surface area contributed by atoms with Gasteiger partial charge in [0.15, 0.2) is 0 Å². The molecule has 5 N–H and O–H groups in total. The molecule has 0 radical (unpaired) electrons. The highest BCUT2D eigenvalue weighted by Gasteiger charge is 2.39. The predicted molar refractivity (Wildman–Crippen MR) is 154 cm³/mol. The number of carbonyl (C=O) groups is 5. The lowest BCUT2D eigenvalue weighted by Gasteiger charge is -2.29. The van der Waals surface area contributed by atoms with Crippen LogP contribution in [0.3, 0.4) is 0 Å². The van der Waals surface area contributed by atoms with E-state index < -0.39 is 60.0 Å². The van der Waals surface area contributed by atoms with Crippen LogP contribution in [0, 0.1) is 5.92 Å². The van der Waals surface area contributed by atoms with Crippen molar-refractivity contribution in [3.63, 3.8) is 0 Å². The summed E-state index contributed by atoms with van der Waals surface area (Å²) < 4.78 is 5.98. The molecule has 14 heteroatoms. The third-order valence-electron chi connectivity index (χ3n) is 7.56. The summed E-state index contributed by atoms with van der Waals surface area (Å²) in [5, 5.41) is 20.9. The minimum atomic E-state index is -1.11. The molecule has 2 bridgehead atoms. The summed E-state index contributed by atoms with van der Waals surface area (Å²) in [4.78, 5) is 67.6. The van der Waals surface area contributed by atoms with Crippen molar-refractivity contribution in [1.29, 1.82) is 0 Å². The first kappa shape index (κ1) is 31.6. The zero-order valence-electron chi connectivity index (χ0n) is 24.9. The quantitative estimate of drug-likeness (QED) is 0.343. The summed E-state index contributed by atoms with van der Waals surface area (Å²) >= 11 is 0. The summed E-state index contributed by atoms with van der Waals surface area (Å²) in [6.45, 7) is 7.91. The minimum absolute atomic E-state index is 0.0238. The first-order valence-electron chi connectivity index (χ1n) is 14.7. The van der Waals surface area contributed by atoms with Crippen molar-refractivity contribution in [3.8, 4) is 0 Å². The average molecular weight is 597 g/mol. The van der Waals surface area contributed by atoms with E-state index in [1.165, 1.54) is 0 Å². The number of aromatic nitrogens is 2. The van der Waals surface area contributed by atoms with Crippen LogP contribution >= 0.6 is 0 Å². The Balaban J connectivity index is 1.66. The highest BCUT2D eigenvalue weighted by atomic mass is 16.4. The van der Waals surface area contributed by atoms with E-state index >= 15 is 0 Å². The van der Waals surface area contributed by atoms with Gasteiger partial charge in [-0.1, -0.05) is 51.1 Å². The Labute approximate surface area is 250 Å². The summed E-state index contributed by atoms with van der Waals surface area (Å²) in [5.74, 6) is -1.38. The molecule has 2 aliphatic heterocycles. The molecule has 2 unspecified atom stereocenters. The van der Waals surface area contributed by atoms with Gasteiger partial charge in [-0.3, -0.25) is 29.9 Å². The van der Waals surface area contributed by atoms with Gasteiger partial charge in [-0.2, -0.15) is 0 Å². The molecule has 7 amide bonds. The number of benzene rings is 1. The van der Waals surface area contributed by atoms with Crippen molar-refractivity contribution >= 4 is 29.8 Å². The van der Waals surface area contributed by atoms with Gasteiger partial charge in [0, 0.05) is 6.42 Å². The van der Waals surface area contributed by atoms with E-state index in [2.05, 4.69) is 36.8 Å². The van der Waals surface area contributed by atoms with Gasteiger partial charge in [0.2, 0.25) is 23.6 Å². The molecule has 43 heavy (non-hydrogen) atoms. The Morgan fingerprint density at radius 2 is 1.53 bits per heavy atom. The Morgan fingerprint density at radius 3 is 2.21 bits per heavy atom. The number of hydrogen-bond acceptors (Lipinski definition) is 9. The van der Waals surface area contributed by atoms with Gasteiger partial charge in [-0.15, -0.1) is 10.2 Å². The van der Waals surface area contributed by atoms with Crippen LogP contribution in [0.4, 0.5) is 9.59 Å². The molecular formula is C29H40N8O6. The van der Waals surface area contributed by atoms with Gasteiger partial charge in [0.25, 0.3) is 5.91 Å². The van der Waals surface area contributed by atoms with Crippen LogP contribution in [-0.2, 0) is 20.8 Å². The number of rotatable bonds is 5. The van der Waals surface area contributed by atoms with Crippen LogP contribution in [0.15, 0.2) is 34.7 Å². The molecule has 232 valence electrons. The molecular weight excluding hydrogens is 556 g/mol. The van der Waals surface area contributed by atoms with E-state index in [4.69, 9.17) is 4.42 Å². The zero-order chi connectivity index (χ0) is 31.1. The third kappa shape index (κ3) is 8.15. The molecule has 0 saturated carbocycles. The number of fused-ring (bicyclic) bond motifs is 3. The maximum absolute atomic E-state index is 13.4. The zero-order valence-corrected chi connectivity index (χ0v) is 24.9. The number of amides is 7. The van der Waals surface area contributed by atoms with Crippen LogP contribution in [0.25, 0.3) is 0 Å². The van der Waals surface area contributed by atoms with E-state index in [0.29, 0.717) is 25.3 Å². The van der Waals surface area contributed by atoms with Crippen molar-refractivity contribution in [2.75, 3.05) is 6.54 Å². The van der Waals surface area contributed by atoms with Crippen molar-refractivity contribution < 1.29 is 28.4 Å². The fraction of sp³-hybridized carbons (Fsp3) is 0.552. The van der Waals surface area contributed by atoms with Crippen LogP contribution in [0.2, 0.25) is 0 Å². The van der Waals surface area contributed by atoms with E-state index in [-0.39, 0.29) is 24.7 Å². The molecule has 4 rings (SSSR count). The monoisotopic (exact) mass is 596 g/mol. The second-order valence-electron chi connectivity index (χ2n) is 11.4. The molecule has 1 saturated heterocycles. The standard InChI is InChI=1S/C29H40N8O6/c1-5-21-27-36-35-26(43-27)17(4)30-23(38)20(15-18-10-7-6-8-11-18)32-28(41)33-24(39)19(14-16(2)3)31-29(42)34-25(40)22-12-9-13-37(21)22/h6-8,10-11,16-17,19-22H,5,9,12-15H2,1-4H3,(H,30,38)(H2,31,34,40,42)(H2,32,33,39,41)/t17-,19+,20?,21?,22-/m0/s1. The van der Waals surface area contributed by atoms with Crippen molar-refractivity contribution in [2.24, 2.45) is 5.92 Å². The first-order chi connectivity index (χ1) is 20.5. The van der Waals surface area contributed by atoms with Gasteiger partial charge < -0.3 is 20.4 Å². The Bertz CT molecular complexity index is 1320. The highest BCUT2D eigenvalue weighted by Crippen LogP contribution is 2.32. The minimum Gasteiger partial charge on any atom is -0.421 e. The predicted octanol–water partition coefficient (Wildman–Crippen LogP) is 1.85. The fourth-order valence-corrected chi connectivity index (χ4v) is 5.47. The smallest absolute Gasteiger partial charge is 0.322 e. The summed E-state index contributed by atoms with van der Waals surface area (Å²) in [6.07, 6.45) is 2.14. The maximum Gasteiger partial charge on any atom is 0.322 e. The number of urea groups is 2. The van der Waals surface area contributed by atoms with E-state index in [9.17, 15) is 24.0 Å². The molecule has 1 aromatic carbocycles. The van der Waals surface area contributed by atoms with E-state index in [1.807, 2.05) is 56.0 Å². The third-order valence-corrected chi connectivity index (χ3v) is 7.56. The largest absolute Gasteiger partial charge is 0.421 e. The summed E-state index contributed by atoms with van der Waals surface area (Å²) in [7, 11) is 0. The summed E-state index contributed by atoms with van der Waals surface area (Å²) in [6, 6.07) is 3.45. The molecule has 14 nitrogen and oxygen atoms in total. The van der Waals surface area contributed by atoms with Gasteiger partial charge in [-0.05, 0) is 50.6 Å². The second kappa shape index (κ2) is 14.2. The van der Waals surface area contributed by atoms with Crippen LogP contribution in [-0.4, -0.2) is 69.6 Å². The molecule has 1 aromatic heterocycles. The molecule has 2 aliphatic rings. The van der Waals surface area contributed by atoms with Crippen LogP contribution in [0.1, 0.15) is 82.8 Å². The Hall–Kier alpha value is -4.33. The van der Waals surface area contributed by atoms with Gasteiger partial charge >= 0.3 is 12.1 Å². The van der Waals surface area contributed by atoms with Gasteiger partial charge in [-0.25, -0.2) is 9.59 Å².